The van der Waals surface area contributed by atoms with Crippen molar-refractivity contribution in [1.29, 1.82) is 0 Å². The molecule has 0 saturated carbocycles. The van der Waals surface area contributed by atoms with Crippen molar-refractivity contribution in [3.63, 3.8) is 0 Å². The van der Waals surface area contributed by atoms with Gasteiger partial charge in [0.15, 0.2) is 0 Å². The molecule has 1 atom stereocenters. The number of hydrogen-bond donors (Lipinski definition) is 1. The van der Waals surface area contributed by atoms with Crippen LogP contribution < -0.4 is 10.1 Å². The summed E-state index contributed by atoms with van der Waals surface area (Å²) in [5.74, 6) is -0.135. The lowest BCUT2D eigenvalue weighted by atomic mass is 9.95. The van der Waals surface area contributed by atoms with E-state index < -0.39 is 11.5 Å². The van der Waals surface area contributed by atoms with Crippen molar-refractivity contribution < 1.29 is 19.1 Å². The SMILES string of the molecule is CCCC(C)(NC(=O)c1ccc(C)c(OC)c1)C(=O)OC. The first kappa shape index (κ1) is 17.0. The van der Waals surface area contributed by atoms with Crippen LogP contribution in [0.4, 0.5) is 0 Å². The summed E-state index contributed by atoms with van der Waals surface area (Å²) in [7, 11) is 2.87. The first-order chi connectivity index (χ1) is 9.87. The van der Waals surface area contributed by atoms with Crippen LogP contribution in [-0.2, 0) is 9.53 Å². The van der Waals surface area contributed by atoms with Gasteiger partial charge in [0.05, 0.1) is 14.2 Å². The van der Waals surface area contributed by atoms with E-state index in [9.17, 15) is 9.59 Å². The first-order valence-corrected chi connectivity index (χ1v) is 6.93. The Balaban J connectivity index is 2.99. The van der Waals surface area contributed by atoms with Gasteiger partial charge in [0.2, 0.25) is 0 Å². The zero-order chi connectivity index (χ0) is 16.0. The van der Waals surface area contributed by atoms with Gasteiger partial charge in [0.1, 0.15) is 11.3 Å². The fourth-order valence-corrected chi connectivity index (χ4v) is 2.22. The Morgan fingerprint density at radius 1 is 1.29 bits per heavy atom. The zero-order valence-electron chi connectivity index (χ0n) is 13.3. The van der Waals surface area contributed by atoms with Gasteiger partial charge >= 0.3 is 5.97 Å². The number of hydrogen-bond acceptors (Lipinski definition) is 4. The minimum absolute atomic E-state index is 0.324. The molecule has 0 heterocycles. The molecule has 0 aromatic heterocycles. The van der Waals surface area contributed by atoms with Crippen LogP contribution in [0.2, 0.25) is 0 Å². The van der Waals surface area contributed by atoms with Crippen molar-refractivity contribution in [2.75, 3.05) is 14.2 Å². The highest BCUT2D eigenvalue weighted by atomic mass is 16.5. The van der Waals surface area contributed by atoms with E-state index in [2.05, 4.69) is 5.32 Å². The van der Waals surface area contributed by atoms with Crippen LogP contribution in [0.15, 0.2) is 18.2 Å². The summed E-state index contributed by atoms with van der Waals surface area (Å²) in [5.41, 5.74) is 0.362. The van der Waals surface area contributed by atoms with Crippen LogP contribution >= 0.6 is 0 Å². The Morgan fingerprint density at radius 2 is 1.95 bits per heavy atom. The summed E-state index contributed by atoms with van der Waals surface area (Å²) < 4.78 is 10.0. The van der Waals surface area contributed by atoms with Crippen molar-refractivity contribution in [3.8, 4) is 5.75 Å². The molecule has 1 unspecified atom stereocenters. The number of ether oxygens (including phenoxy) is 2. The highest BCUT2D eigenvalue weighted by Gasteiger charge is 2.35. The predicted molar refractivity (Wildman–Crippen MR) is 80.5 cm³/mol. The normalized spacial score (nSPS) is 13.2. The van der Waals surface area contributed by atoms with Gasteiger partial charge in [-0.15, -0.1) is 0 Å². The number of rotatable bonds is 6. The molecule has 0 saturated heterocycles. The minimum atomic E-state index is -1.03. The number of methoxy groups -OCH3 is 2. The number of carbonyl (C=O) groups excluding carboxylic acids is 2. The average molecular weight is 293 g/mol. The van der Waals surface area contributed by atoms with E-state index in [1.165, 1.54) is 7.11 Å². The van der Waals surface area contributed by atoms with Gasteiger partial charge in [0, 0.05) is 5.56 Å². The second kappa shape index (κ2) is 7.11. The molecule has 0 aliphatic carbocycles. The quantitative estimate of drug-likeness (QED) is 0.818. The van der Waals surface area contributed by atoms with E-state index in [-0.39, 0.29) is 5.91 Å². The molecule has 0 spiro atoms. The third kappa shape index (κ3) is 3.97. The molecule has 5 heteroatoms. The maximum Gasteiger partial charge on any atom is 0.331 e. The summed E-state index contributed by atoms with van der Waals surface area (Å²) in [6, 6.07) is 5.17. The Bertz CT molecular complexity index is 527. The summed E-state index contributed by atoms with van der Waals surface area (Å²) in [4.78, 5) is 24.3. The smallest absolute Gasteiger partial charge is 0.331 e. The van der Waals surface area contributed by atoms with Crippen LogP contribution in [0.5, 0.6) is 5.75 Å². The fraction of sp³-hybridized carbons (Fsp3) is 0.500. The van der Waals surface area contributed by atoms with Gasteiger partial charge in [-0.1, -0.05) is 19.4 Å². The van der Waals surface area contributed by atoms with Gasteiger partial charge in [-0.25, -0.2) is 4.79 Å². The molecule has 1 rings (SSSR count). The number of nitrogens with one attached hydrogen (secondary N) is 1. The van der Waals surface area contributed by atoms with Crippen LogP contribution in [0, 0.1) is 6.92 Å². The molecule has 0 aliphatic rings. The third-order valence-corrected chi connectivity index (χ3v) is 3.45. The second-order valence-electron chi connectivity index (χ2n) is 5.21. The molecule has 0 radical (unpaired) electrons. The molecule has 116 valence electrons. The number of esters is 1. The molecule has 1 N–H and O–H groups in total. The maximum absolute atomic E-state index is 12.4. The lowest BCUT2D eigenvalue weighted by Crippen LogP contribution is -2.52. The number of aryl methyl sites for hydroxylation is 1. The van der Waals surface area contributed by atoms with E-state index in [0.717, 1.165) is 12.0 Å². The lowest BCUT2D eigenvalue weighted by molar-refractivity contribution is -0.147. The van der Waals surface area contributed by atoms with Gasteiger partial charge in [-0.2, -0.15) is 0 Å². The Hall–Kier alpha value is -2.04. The highest BCUT2D eigenvalue weighted by Crippen LogP contribution is 2.20. The standard InChI is InChI=1S/C16H23NO4/c1-6-9-16(3,15(19)21-5)17-14(18)12-8-7-11(2)13(10-12)20-4/h7-8,10H,6,9H2,1-5H3,(H,17,18). The van der Waals surface area contributed by atoms with Crippen molar-refractivity contribution in [3.05, 3.63) is 29.3 Å². The summed E-state index contributed by atoms with van der Waals surface area (Å²) >= 11 is 0. The molecule has 0 aliphatic heterocycles. The Kier molecular flexibility index (Phi) is 5.76. The topological polar surface area (TPSA) is 64.6 Å². The monoisotopic (exact) mass is 293 g/mol. The maximum atomic E-state index is 12.4. The van der Waals surface area contributed by atoms with Gasteiger partial charge < -0.3 is 14.8 Å². The van der Waals surface area contributed by atoms with E-state index >= 15 is 0 Å². The van der Waals surface area contributed by atoms with Gasteiger partial charge in [0.25, 0.3) is 5.91 Å². The molecule has 0 bridgehead atoms. The largest absolute Gasteiger partial charge is 0.496 e. The summed E-state index contributed by atoms with van der Waals surface area (Å²) in [5, 5.41) is 2.76. The van der Waals surface area contributed by atoms with E-state index in [0.29, 0.717) is 17.7 Å². The van der Waals surface area contributed by atoms with E-state index in [4.69, 9.17) is 9.47 Å². The van der Waals surface area contributed by atoms with E-state index in [1.54, 1.807) is 26.2 Å². The highest BCUT2D eigenvalue weighted by molar-refractivity contribution is 5.98. The fourth-order valence-electron chi connectivity index (χ4n) is 2.22. The van der Waals surface area contributed by atoms with Crippen LogP contribution in [0.1, 0.15) is 42.6 Å². The predicted octanol–water partition coefficient (Wildman–Crippen LogP) is 2.47. The molecule has 0 fully saturated rings. The van der Waals surface area contributed by atoms with Crippen LogP contribution in [-0.4, -0.2) is 31.6 Å². The van der Waals surface area contributed by atoms with Gasteiger partial charge in [-0.05, 0) is 38.0 Å². The molecular formula is C16H23NO4. The molecule has 5 nitrogen and oxygen atoms in total. The molecule has 1 aromatic rings. The van der Waals surface area contributed by atoms with Crippen molar-refractivity contribution in [2.45, 2.75) is 39.2 Å². The van der Waals surface area contributed by atoms with Crippen LogP contribution in [0.3, 0.4) is 0 Å². The second-order valence-corrected chi connectivity index (χ2v) is 5.21. The minimum Gasteiger partial charge on any atom is -0.496 e. The summed E-state index contributed by atoms with van der Waals surface area (Å²) in [6.07, 6.45) is 1.26. The van der Waals surface area contributed by atoms with Crippen molar-refractivity contribution in [2.24, 2.45) is 0 Å². The molecule has 21 heavy (non-hydrogen) atoms. The zero-order valence-corrected chi connectivity index (χ0v) is 13.3. The summed E-state index contributed by atoms with van der Waals surface area (Å²) in [6.45, 7) is 5.52. The van der Waals surface area contributed by atoms with Crippen molar-refractivity contribution >= 4 is 11.9 Å². The van der Waals surface area contributed by atoms with Gasteiger partial charge in [-0.3, -0.25) is 4.79 Å². The Morgan fingerprint density at radius 3 is 2.48 bits per heavy atom. The number of carbonyl (C=O) groups is 2. The first-order valence-electron chi connectivity index (χ1n) is 6.93. The van der Waals surface area contributed by atoms with E-state index in [1.807, 2.05) is 19.9 Å². The third-order valence-electron chi connectivity index (χ3n) is 3.45. The molecule has 1 amide bonds. The lowest BCUT2D eigenvalue weighted by Gasteiger charge is -2.27. The molecular weight excluding hydrogens is 270 g/mol. The average Bonchev–Trinajstić information content (AvgIpc) is 2.46. The number of amides is 1. The number of benzene rings is 1. The Labute approximate surface area is 125 Å². The molecule has 1 aromatic carbocycles. The van der Waals surface area contributed by atoms with Crippen molar-refractivity contribution in [1.82, 2.24) is 5.32 Å². The van der Waals surface area contributed by atoms with Crippen LogP contribution in [0.25, 0.3) is 0 Å².